The molecule has 7 rings (SSSR count). The van der Waals surface area contributed by atoms with Gasteiger partial charge >= 0.3 is 5.97 Å². The molecular formula is C32H30N4O3. The highest BCUT2D eigenvalue weighted by Crippen LogP contribution is 2.50. The number of aromatic nitrogens is 3. The van der Waals surface area contributed by atoms with E-state index in [0.717, 1.165) is 68.8 Å². The zero-order valence-electron chi connectivity index (χ0n) is 22.8. The summed E-state index contributed by atoms with van der Waals surface area (Å²) in [5.74, 6) is -0.509. The first-order valence-corrected chi connectivity index (χ1v) is 13.4. The molecule has 3 aromatic heterocycles. The van der Waals surface area contributed by atoms with Crippen LogP contribution in [0.5, 0.6) is 0 Å². The van der Waals surface area contributed by atoms with Crippen LogP contribution in [0.3, 0.4) is 0 Å². The van der Waals surface area contributed by atoms with Gasteiger partial charge in [-0.05, 0) is 67.8 Å². The van der Waals surface area contributed by atoms with E-state index in [4.69, 9.17) is 14.5 Å². The first-order chi connectivity index (χ1) is 18.7. The van der Waals surface area contributed by atoms with Crippen LogP contribution in [0.4, 0.5) is 11.5 Å². The number of fused-ring (bicyclic) bond motifs is 1. The van der Waals surface area contributed by atoms with Gasteiger partial charge < -0.3 is 18.9 Å². The molecule has 0 amide bonds. The largest absolute Gasteiger partial charge is 0.431 e. The lowest BCUT2D eigenvalue weighted by atomic mass is 9.87. The van der Waals surface area contributed by atoms with Crippen LogP contribution in [0, 0.1) is 20.8 Å². The summed E-state index contributed by atoms with van der Waals surface area (Å²) in [4.78, 5) is 25.0. The molecule has 1 fully saturated rings. The molecule has 0 unspecified atom stereocenters. The first kappa shape index (κ1) is 23.9. The van der Waals surface area contributed by atoms with Gasteiger partial charge in [0.15, 0.2) is 6.10 Å². The van der Waals surface area contributed by atoms with E-state index in [2.05, 4.69) is 65.6 Å². The van der Waals surface area contributed by atoms with Crippen molar-refractivity contribution in [3.63, 3.8) is 0 Å². The Kier molecular flexibility index (Phi) is 5.13. The summed E-state index contributed by atoms with van der Waals surface area (Å²) < 4.78 is 14.3. The number of nitrogens with zero attached hydrogens (tertiary/aromatic N) is 4. The molecule has 39 heavy (non-hydrogen) atoms. The molecule has 2 aliphatic rings. The highest BCUT2D eigenvalue weighted by molar-refractivity contribution is 6.08. The molecule has 5 heterocycles. The van der Waals surface area contributed by atoms with Crippen molar-refractivity contribution in [3.05, 3.63) is 83.2 Å². The summed E-state index contributed by atoms with van der Waals surface area (Å²) in [7, 11) is 0. The lowest BCUT2D eigenvalue weighted by Gasteiger charge is -2.34. The molecule has 0 spiro atoms. The van der Waals surface area contributed by atoms with Gasteiger partial charge in [-0.3, -0.25) is 4.98 Å². The number of benzene rings is 2. The average Bonchev–Trinajstić information content (AvgIpc) is 3.40. The maximum atomic E-state index is 13.3. The van der Waals surface area contributed by atoms with Crippen molar-refractivity contribution in [1.29, 1.82) is 0 Å². The van der Waals surface area contributed by atoms with Gasteiger partial charge in [0.05, 0.1) is 22.2 Å². The summed E-state index contributed by atoms with van der Waals surface area (Å²) >= 11 is 0. The number of hydrogen-bond donors (Lipinski definition) is 0. The topological polar surface area (TPSA) is 69.5 Å². The molecule has 1 saturated heterocycles. The number of anilines is 2. The molecular weight excluding hydrogens is 488 g/mol. The van der Waals surface area contributed by atoms with Gasteiger partial charge in [-0.15, -0.1) is 0 Å². The minimum absolute atomic E-state index is 0.364. The molecule has 0 saturated carbocycles. The summed E-state index contributed by atoms with van der Waals surface area (Å²) in [6, 6.07) is 18.7. The number of rotatable bonds is 3. The molecule has 2 aromatic carbocycles. The Morgan fingerprint density at radius 3 is 2.51 bits per heavy atom. The van der Waals surface area contributed by atoms with Crippen molar-refractivity contribution < 1.29 is 14.3 Å². The molecule has 0 radical (unpaired) electrons. The summed E-state index contributed by atoms with van der Waals surface area (Å²) in [5.41, 5.74) is 10.2. The molecule has 196 valence electrons. The maximum Gasteiger partial charge on any atom is 0.342 e. The Hall–Kier alpha value is -4.23. The molecule has 7 heteroatoms. The minimum Gasteiger partial charge on any atom is -0.431 e. The SMILES string of the molecule is Cc1ccc(-c2c([C@@H]3OC(C)(C)OC3=O)c(C)c3c4c2cc(C)n4CCN3c2ccc3ncccc3n2)cc1. The number of ether oxygens (including phenoxy) is 2. The average molecular weight is 519 g/mol. The van der Waals surface area contributed by atoms with Crippen LogP contribution in [0.25, 0.3) is 33.1 Å². The predicted molar refractivity (Wildman–Crippen MR) is 152 cm³/mol. The van der Waals surface area contributed by atoms with Gasteiger partial charge in [0, 0.05) is 49.8 Å². The third-order valence-corrected chi connectivity index (χ3v) is 7.93. The summed E-state index contributed by atoms with van der Waals surface area (Å²) in [6.07, 6.45) is 0.949. The highest BCUT2D eigenvalue weighted by atomic mass is 16.8. The molecule has 0 bridgehead atoms. The Bertz CT molecular complexity index is 1800. The molecule has 1 atom stereocenters. The van der Waals surface area contributed by atoms with Crippen LogP contribution in [-0.4, -0.2) is 32.8 Å². The van der Waals surface area contributed by atoms with Crippen molar-refractivity contribution in [2.75, 3.05) is 11.4 Å². The highest BCUT2D eigenvalue weighted by Gasteiger charge is 2.45. The molecule has 7 nitrogen and oxygen atoms in total. The first-order valence-electron chi connectivity index (χ1n) is 13.4. The van der Waals surface area contributed by atoms with Crippen LogP contribution in [0.2, 0.25) is 0 Å². The number of carbonyl (C=O) groups is 1. The van der Waals surface area contributed by atoms with Gasteiger partial charge in [-0.25, -0.2) is 9.78 Å². The number of aryl methyl sites for hydroxylation is 2. The second kappa shape index (κ2) is 8.38. The fraction of sp³-hybridized carbons (Fsp3) is 0.281. The Morgan fingerprint density at radius 1 is 0.974 bits per heavy atom. The second-order valence-electron chi connectivity index (χ2n) is 11.0. The van der Waals surface area contributed by atoms with Gasteiger partial charge in [0.1, 0.15) is 5.82 Å². The van der Waals surface area contributed by atoms with E-state index in [0.29, 0.717) is 0 Å². The van der Waals surface area contributed by atoms with E-state index >= 15 is 0 Å². The van der Waals surface area contributed by atoms with E-state index in [1.165, 1.54) is 11.3 Å². The van der Waals surface area contributed by atoms with Crippen molar-refractivity contribution in [3.8, 4) is 11.1 Å². The summed E-state index contributed by atoms with van der Waals surface area (Å²) in [6.45, 7) is 11.5. The number of pyridine rings is 2. The van der Waals surface area contributed by atoms with Gasteiger partial charge in [-0.1, -0.05) is 29.8 Å². The van der Waals surface area contributed by atoms with Crippen LogP contribution in [0.1, 0.15) is 42.3 Å². The Balaban J connectivity index is 1.55. The third-order valence-electron chi connectivity index (χ3n) is 7.93. The van der Waals surface area contributed by atoms with Crippen LogP contribution < -0.4 is 4.90 Å². The van der Waals surface area contributed by atoms with E-state index in [9.17, 15) is 4.79 Å². The predicted octanol–water partition coefficient (Wildman–Crippen LogP) is 6.68. The van der Waals surface area contributed by atoms with Crippen molar-refractivity contribution >= 4 is 39.4 Å². The number of esters is 1. The van der Waals surface area contributed by atoms with Crippen molar-refractivity contribution in [1.82, 2.24) is 14.5 Å². The molecule has 5 aromatic rings. The van der Waals surface area contributed by atoms with Gasteiger partial charge in [0.2, 0.25) is 5.79 Å². The normalized spacial score (nSPS) is 18.2. The lowest BCUT2D eigenvalue weighted by Crippen LogP contribution is -2.30. The van der Waals surface area contributed by atoms with E-state index in [1.807, 2.05) is 24.3 Å². The Labute approximate surface area is 227 Å². The monoisotopic (exact) mass is 518 g/mol. The standard InChI is InChI=1S/C32H30N4O3/c1-18-8-10-21(11-9-18)27-22-17-19(2)35-15-16-36(25-13-12-23-24(34-25)7-6-14-33-23)28(29(22)35)20(3)26(27)30-31(37)39-32(4,5)38-30/h6-14,17,30H,15-16H2,1-5H3/t30-/m0/s1. The number of hydrogen-bond acceptors (Lipinski definition) is 6. The minimum atomic E-state index is -1.00. The van der Waals surface area contributed by atoms with Crippen molar-refractivity contribution in [2.24, 2.45) is 0 Å². The van der Waals surface area contributed by atoms with E-state index < -0.39 is 11.9 Å². The molecule has 0 N–H and O–H groups in total. The van der Waals surface area contributed by atoms with E-state index in [1.54, 1.807) is 20.0 Å². The number of cyclic esters (lactones) is 1. The van der Waals surface area contributed by atoms with Gasteiger partial charge in [-0.2, -0.15) is 0 Å². The second-order valence-corrected chi connectivity index (χ2v) is 11.0. The van der Waals surface area contributed by atoms with Crippen LogP contribution in [-0.2, 0) is 20.8 Å². The zero-order chi connectivity index (χ0) is 27.1. The zero-order valence-corrected chi connectivity index (χ0v) is 22.8. The Morgan fingerprint density at radius 2 is 1.77 bits per heavy atom. The smallest absolute Gasteiger partial charge is 0.342 e. The fourth-order valence-corrected chi connectivity index (χ4v) is 6.20. The number of carbonyl (C=O) groups excluding carboxylic acids is 1. The fourth-order valence-electron chi connectivity index (χ4n) is 6.20. The van der Waals surface area contributed by atoms with Crippen LogP contribution in [0.15, 0.2) is 60.8 Å². The van der Waals surface area contributed by atoms with Gasteiger partial charge in [0.25, 0.3) is 0 Å². The maximum absolute atomic E-state index is 13.3. The molecule has 0 aliphatic carbocycles. The van der Waals surface area contributed by atoms with E-state index in [-0.39, 0.29) is 5.97 Å². The third kappa shape index (κ3) is 3.64. The van der Waals surface area contributed by atoms with Crippen LogP contribution >= 0.6 is 0 Å². The molecule has 2 aliphatic heterocycles. The van der Waals surface area contributed by atoms with Crippen molar-refractivity contribution in [2.45, 2.75) is 53.1 Å². The summed E-state index contributed by atoms with van der Waals surface area (Å²) in [5, 5.41) is 1.10. The quantitative estimate of drug-likeness (QED) is 0.248. The lowest BCUT2D eigenvalue weighted by molar-refractivity contribution is -0.160.